The van der Waals surface area contributed by atoms with Crippen molar-refractivity contribution in [3.05, 3.63) is 108 Å². The third-order valence-corrected chi connectivity index (χ3v) is 10.3. The lowest BCUT2D eigenvalue weighted by atomic mass is 9.71. The predicted octanol–water partition coefficient (Wildman–Crippen LogP) is 8.90. The van der Waals surface area contributed by atoms with E-state index >= 15 is 8.78 Å². The highest BCUT2D eigenvalue weighted by atomic mass is 19.1. The minimum Gasteiger partial charge on any atom is -0.465 e. The summed E-state index contributed by atoms with van der Waals surface area (Å²) in [5.41, 5.74) is 1.98. The minimum atomic E-state index is -1.01. The second kappa shape index (κ2) is 13.3. The van der Waals surface area contributed by atoms with Crippen molar-refractivity contribution in [1.29, 1.82) is 0 Å². The van der Waals surface area contributed by atoms with Crippen molar-refractivity contribution >= 4 is 12.2 Å². The quantitative estimate of drug-likeness (QED) is 0.156. The molecule has 0 unspecified atom stereocenters. The van der Waals surface area contributed by atoms with Crippen LogP contribution in [0.15, 0.2) is 79.1 Å². The summed E-state index contributed by atoms with van der Waals surface area (Å²) in [6.07, 6.45) is 4.44. The van der Waals surface area contributed by atoms with Crippen LogP contribution in [0.1, 0.15) is 69.7 Å². The largest absolute Gasteiger partial charge is 0.465 e. The van der Waals surface area contributed by atoms with Gasteiger partial charge >= 0.3 is 12.2 Å². The maximum atomic E-state index is 15.7. The van der Waals surface area contributed by atoms with Gasteiger partial charge in [-0.25, -0.2) is 28.3 Å². The van der Waals surface area contributed by atoms with E-state index in [1.807, 2.05) is 51.1 Å². The zero-order valence-corrected chi connectivity index (χ0v) is 28.7. The molecule has 2 aliphatic heterocycles. The Hall–Kier alpha value is -5.52. The van der Waals surface area contributed by atoms with Crippen LogP contribution in [-0.4, -0.2) is 60.1 Å². The number of aromatic nitrogens is 4. The SMILES string of the molecule is CC(C)(C)[C@]1(c2ncc(-c3ccc(-c4ccc(-c5cnc([C@@H]6CCCN6C(=O)OCc6ccccc6)[nH]5)c(F)c4)cc3F)[nH]2)CCCN1C(=O)O. The fourth-order valence-corrected chi connectivity index (χ4v) is 7.67. The number of aromatic amines is 2. The Labute approximate surface area is 294 Å². The molecule has 2 aromatic heterocycles. The molecule has 2 amide bonds. The summed E-state index contributed by atoms with van der Waals surface area (Å²) in [5.74, 6) is -0.000915. The van der Waals surface area contributed by atoms with Gasteiger partial charge in [-0.15, -0.1) is 0 Å². The minimum absolute atomic E-state index is 0.173. The van der Waals surface area contributed by atoms with Crippen molar-refractivity contribution in [2.75, 3.05) is 13.1 Å². The lowest BCUT2D eigenvalue weighted by molar-refractivity contribution is 0.0217. The Morgan fingerprint density at radius 1 is 0.902 bits per heavy atom. The number of nitrogens with zero attached hydrogens (tertiary/aromatic N) is 4. The molecule has 2 aliphatic rings. The molecular weight excluding hydrogens is 654 g/mol. The monoisotopic (exact) mass is 694 g/mol. The van der Waals surface area contributed by atoms with Gasteiger partial charge in [-0.3, -0.25) is 9.80 Å². The van der Waals surface area contributed by atoms with Crippen molar-refractivity contribution in [1.82, 2.24) is 29.7 Å². The van der Waals surface area contributed by atoms with Crippen LogP contribution in [0.25, 0.3) is 33.6 Å². The number of likely N-dealkylation sites (tertiary alicyclic amines) is 2. The first-order valence-electron chi connectivity index (χ1n) is 17.1. The molecule has 0 bridgehead atoms. The number of benzene rings is 3. The number of amides is 2. The molecule has 12 heteroatoms. The van der Waals surface area contributed by atoms with Crippen molar-refractivity contribution in [3.8, 4) is 33.6 Å². The number of ether oxygens (including phenoxy) is 1. The first-order chi connectivity index (χ1) is 24.5. The highest BCUT2D eigenvalue weighted by molar-refractivity contribution is 5.73. The number of nitrogens with one attached hydrogen (secondary N) is 2. The molecule has 2 atom stereocenters. The van der Waals surface area contributed by atoms with Crippen molar-refractivity contribution in [2.24, 2.45) is 5.41 Å². The second-order valence-electron chi connectivity index (χ2n) is 14.3. The maximum absolute atomic E-state index is 15.7. The lowest BCUT2D eigenvalue weighted by Crippen LogP contribution is -2.53. The fourth-order valence-electron chi connectivity index (χ4n) is 7.67. The summed E-state index contributed by atoms with van der Waals surface area (Å²) < 4.78 is 36.8. The molecule has 10 nitrogen and oxygen atoms in total. The molecule has 0 spiro atoms. The van der Waals surface area contributed by atoms with Gasteiger partial charge in [0.15, 0.2) is 0 Å². The van der Waals surface area contributed by atoms with E-state index in [0.29, 0.717) is 72.1 Å². The number of hydrogen-bond donors (Lipinski definition) is 3. The van der Waals surface area contributed by atoms with E-state index in [4.69, 9.17) is 4.74 Å². The average Bonchev–Trinajstić information content (AvgIpc) is 3.93. The summed E-state index contributed by atoms with van der Waals surface area (Å²) in [7, 11) is 0. The number of carbonyl (C=O) groups is 2. The third-order valence-electron chi connectivity index (χ3n) is 10.3. The second-order valence-corrected chi connectivity index (χ2v) is 14.3. The average molecular weight is 695 g/mol. The third kappa shape index (κ3) is 6.23. The summed E-state index contributed by atoms with van der Waals surface area (Å²) in [6, 6.07) is 18.5. The molecule has 2 fully saturated rings. The van der Waals surface area contributed by atoms with Gasteiger partial charge in [0.2, 0.25) is 0 Å². The first kappa shape index (κ1) is 34.0. The molecule has 51 heavy (non-hydrogen) atoms. The van der Waals surface area contributed by atoms with Crippen LogP contribution in [0.2, 0.25) is 0 Å². The zero-order valence-electron chi connectivity index (χ0n) is 28.7. The van der Waals surface area contributed by atoms with Crippen LogP contribution in [-0.2, 0) is 16.9 Å². The number of rotatable bonds is 7. The lowest BCUT2D eigenvalue weighted by Gasteiger charge is -2.45. The van der Waals surface area contributed by atoms with Crippen molar-refractivity contribution in [3.63, 3.8) is 0 Å². The topological polar surface area (TPSA) is 127 Å². The first-order valence-corrected chi connectivity index (χ1v) is 17.1. The van der Waals surface area contributed by atoms with E-state index in [9.17, 15) is 14.7 Å². The Balaban J connectivity index is 1.07. The van der Waals surface area contributed by atoms with Gasteiger partial charge in [0, 0.05) is 24.2 Å². The van der Waals surface area contributed by atoms with Crippen LogP contribution >= 0.6 is 0 Å². The Morgan fingerprint density at radius 2 is 1.55 bits per heavy atom. The van der Waals surface area contributed by atoms with Crippen LogP contribution in [0.4, 0.5) is 18.4 Å². The van der Waals surface area contributed by atoms with Gasteiger partial charge < -0.3 is 19.8 Å². The van der Waals surface area contributed by atoms with Crippen LogP contribution in [0, 0.1) is 17.0 Å². The van der Waals surface area contributed by atoms with E-state index in [0.717, 1.165) is 12.0 Å². The summed E-state index contributed by atoms with van der Waals surface area (Å²) >= 11 is 0. The Morgan fingerprint density at radius 3 is 2.18 bits per heavy atom. The highest BCUT2D eigenvalue weighted by Gasteiger charge is 2.55. The molecule has 3 aromatic carbocycles. The molecule has 0 aliphatic carbocycles. The smallest absolute Gasteiger partial charge is 0.410 e. The summed E-state index contributed by atoms with van der Waals surface area (Å²) in [5, 5.41) is 9.98. The van der Waals surface area contributed by atoms with Gasteiger partial charge in [0.1, 0.15) is 35.4 Å². The molecule has 0 saturated carbocycles. The summed E-state index contributed by atoms with van der Waals surface area (Å²) in [6.45, 7) is 7.06. The molecule has 4 heterocycles. The van der Waals surface area contributed by atoms with E-state index in [1.54, 1.807) is 35.4 Å². The summed E-state index contributed by atoms with van der Waals surface area (Å²) in [4.78, 5) is 43.7. The maximum Gasteiger partial charge on any atom is 0.410 e. The normalized spacial score (nSPS) is 19.1. The molecule has 264 valence electrons. The van der Waals surface area contributed by atoms with E-state index in [1.165, 1.54) is 23.2 Å². The van der Waals surface area contributed by atoms with Gasteiger partial charge in [0.25, 0.3) is 0 Å². The number of imidazole rings is 2. The van der Waals surface area contributed by atoms with E-state index in [-0.39, 0.29) is 18.2 Å². The standard InChI is InChI=1S/C39H40F2N6O4/c1-38(2,3)39(16-8-18-47(39)36(48)49)35-43-22-32(45-35)28-15-13-26(20-30(28)41)25-12-14-27(29(40)19-25)31-21-42-34(44-31)33-11-7-17-46(33)37(50)51-23-24-9-5-4-6-10-24/h4-6,9-10,12-15,19-22,33H,7-8,11,16-18,23H2,1-3H3,(H,42,44)(H,43,45)(H,48,49)/t33-,39+/m0/s1. The number of hydrogen-bond acceptors (Lipinski definition) is 5. The number of H-pyrrole nitrogens is 2. The highest BCUT2D eigenvalue weighted by Crippen LogP contribution is 2.50. The molecule has 0 radical (unpaired) electrons. The zero-order chi connectivity index (χ0) is 35.9. The fraction of sp³-hybridized carbons (Fsp3) is 0.333. The molecule has 7 rings (SSSR count). The Bertz CT molecular complexity index is 2070. The molecule has 3 N–H and O–H groups in total. The number of carboxylic acid groups (broad SMARTS) is 1. The van der Waals surface area contributed by atoms with Crippen molar-refractivity contribution < 1.29 is 28.2 Å². The van der Waals surface area contributed by atoms with E-state index in [2.05, 4.69) is 19.9 Å². The van der Waals surface area contributed by atoms with Gasteiger partial charge in [0.05, 0.1) is 29.8 Å². The van der Waals surface area contributed by atoms with Crippen LogP contribution in [0.3, 0.4) is 0 Å². The van der Waals surface area contributed by atoms with Gasteiger partial charge in [-0.1, -0.05) is 63.2 Å². The molecular formula is C39H40F2N6O4. The Kier molecular flexibility index (Phi) is 8.86. The van der Waals surface area contributed by atoms with E-state index < -0.39 is 34.8 Å². The molecule has 2 saturated heterocycles. The van der Waals surface area contributed by atoms with Gasteiger partial charge in [-0.05, 0) is 72.1 Å². The number of carbonyl (C=O) groups excluding carboxylic acids is 1. The van der Waals surface area contributed by atoms with Crippen LogP contribution < -0.4 is 0 Å². The predicted molar refractivity (Wildman–Crippen MR) is 187 cm³/mol. The van der Waals surface area contributed by atoms with Crippen molar-refractivity contribution in [2.45, 2.75) is 64.6 Å². The molecule has 5 aromatic rings. The number of halogens is 2. The van der Waals surface area contributed by atoms with Crippen LogP contribution in [0.5, 0.6) is 0 Å². The van der Waals surface area contributed by atoms with Gasteiger partial charge in [-0.2, -0.15) is 0 Å².